The quantitative estimate of drug-likeness (QED) is 0.674. The second kappa shape index (κ2) is 10.3. The van der Waals surface area contributed by atoms with E-state index in [9.17, 15) is 9.50 Å². The van der Waals surface area contributed by atoms with Crippen LogP contribution in [-0.2, 0) is 6.42 Å². The largest absolute Gasteiger partial charge is 0.385 e. The first kappa shape index (κ1) is 23.2. The molecule has 2 unspecified atom stereocenters. The molecule has 2 aromatic carbocycles. The topological polar surface area (TPSA) is 26.7 Å². The van der Waals surface area contributed by atoms with Crippen molar-refractivity contribution in [3.63, 3.8) is 0 Å². The molecule has 2 atom stereocenters. The summed E-state index contributed by atoms with van der Waals surface area (Å²) in [5.41, 5.74) is 3.57. The Labute approximate surface area is 192 Å². The van der Waals surface area contributed by atoms with Gasteiger partial charge in [-0.2, -0.15) is 0 Å². The van der Waals surface area contributed by atoms with Gasteiger partial charge in [-0.15, -0.1) is 0 Å². The molecule has 1 saturated carbocycles. The van der Waals surface area contributed by atoms with Crippen molar-refractivity contribution in [3.8, 4) is 0 Å². The number of likely N-dealkylation sites (N-methyl/N-ethyl adjacent to an activating group) is 1. The summed E-state index contributed by atoms with van der Waals surface area (Å²) in [4.78, 5) is 4.91. The summed E-state index contributed by atoms with van der Waals surface area (Å²) in [5.74, 6) is -0.0448. The number of aliphatic hydroxyl groups is 1. The molecule has 0 amide bonds. The minimum absolute atomic E-state index is 0.181. The minimum Gasteiger partial charge on any atom is -0.385 e. The number of rotatable bonds is 5. The van der Waals surface area contributed by atoms with Gasteiger partial charge >= 0.3 is 0 Å². The summed E-state index contributed by atoms with van der Waals surface area (Å²) in [7, 11) is 2.18. The number of halogens is 1. The Balaban J connectivity index is 1.68. The van der Waals surface area contributed by atoms with E-state index in [4.69, 9.17) is 0 Å². The standard InChI is InChI=1S/C28H37FN2O/c1-22-6-5-7-24(18-22)20-28(32)25(19-23-10-12-27(29)13-11-23)8-3-4-9-26(28)21-31-16-14-30(2)15-17-31/h5-7,10-13,18-19,26,32H,3-4,8-9,14-17,20-21H2,1-2H3. The van der Waals surface area contributed by atoms with Gasteiger partial charge in [-0.3, -0.25) is 0 Å². The molecular formula is C28H37FN2O. The molecule has 2 fully saturated rings. The highest BCUT2D eigenvalue weighted by Crippen LogP contribution is 2.41. The van der Waals surface area contributed by atoms with E-state index in [-0.39, 0.29) is 11.7 Å². The van der Waals surface area contributed by atoms with Crippen molar-refractivity contribution in [1.82, 2.24) is 9.80 Å². The Bertz CT molecular complexity index is 917. The lowest BCUT2D eigenvalue weighted by atomic mass is 9.74. The third kappa shape index (κ3) is 5.67. The van der Waals surface area contributed by atoms with Gasteiger partial charge in [-0.05, 0) is 62.1 Å². The van der Waals surface area contributed by atoms with E-state index >= 15 is 0 Å². The van der Waals surface area contributed by atoms with Gasteiger partial charge in [0.2, 0.25) is 0 Å². The fraction of sp³-hybridized carbons (Fsp3) is 0.500. The van der Waals surface area contributed by atoms with E-state index in [0.29, 0.717) is 6.42 Å². The van der Waals surface area contributed by atoms with E-state index in [1.165, 1.54) is 23.3 Å². The van der Waals surface area contributed by atoms with Crippen LogP contribution in [0, 0.1) is 18.7 Å². The van der Waals surface area contributed by atoms with Gasteiger partial charge in [0.05, 0.1) is 5.60 Å². The summed E-state index contributed by atoms with van der Waals surface area (Å²) < 4.78 is 13.5. The van der Waals surface area contributed by atoms with Gasteiger partial charge in [-0.1, -0.05) is 54.5 Å². The van der Waals surface area contributed by atoms with E-state index in [2.05, 4.69) is 54.1 Å². The Hall–Kier alpha value is -2.01. The van der Waals surface area contributed by atoms with Crippen LogP contribution >= 0.6 is 0 Å². The SMILES string of the molecule is Cc1cccc(CC2(O)C(=Cc3ccc(F)cc3)CCCCC2CN2CCN(C)CC2)c1. The molecule has 1 heterocycles. The van der Waals surface area contributed by atoms with Gasteiger partial charge in [0.15, 0.2) is 0 Å². The summed E-state index contributed by atoms with van der Waals surface area (Å²) in [6.45, 7) is 7.33. The average molecular weight is 437 g/mol. The van der Waals surface area contributed by atoms with Crippen molar-refractivity contribution in [2.24, 2.45) is 5.92 Å². The molecule has 4 rings (SSSR count). The zero-order valence-corrected chi connectivity index (χ0v) is 19.6. The van der Waals surface area contributed by atoms with Gasteiger partial charge in [0.25, 0.3) is 0 Å². The van der Waals surface area contributed by atoms with Crippen LogP contribution in [0.3, 0.4) is 0 Å². The summed E-state index contributed by atoms with van der Waals surface area (Å²) in [6.07, 6.45) is 6.89. The Morgan fingerprint density at radius 2 is 1.81 bits per heavy atom. The van der Waals surface area contributed by atoms with E-state index in [1.54, 1.807) is 0 Å². The fourth-order valence-electron chi connectivity index (χ4n) is 5.36. The number of aryl methyl sites for hydroxylation is 1. The third-order valence-electron chi connectivity index (χ3n) is 7.32. The van der Waals surface area contributed by atoms with E-state index < -0.39 is 5.60 Å². The molecule has 2 aliphatic rings. The van der Waals surface area contributed by atoms with Crippen LogP contribution in [0.4, 0.5) is 4.39 Å². The third-order valence-corrected chi connectivity index (χ3v) is 7.32. The molecule has 1 aliphatic carbocycles. The molecule has 1 saturated heterocycles. The van der Waals surface area contributed by atoms with Gasteiger partial charge in [0, 0.05) is 45.1 Å². The minimum atomic E-state index is -0.901. The number of hydrogen-bond donors (Lipinski definition) is 1. The predicted molar refractivity (Wildman–Crippen MR) is 130 cm³/mol. The zero-order valence-electron chi connectivity index (χ0n) is 19.6. The zero-order chi connectivity index (χ0) is 22.6. The number of piperazine rings is 1. The first-order chi connectivity index (χ1) is 15.4. The van der Waals surface area contributed by atoms with Crippen molar-refractivity contribution >= 4 is 6.08 Å². The van der Waals surface area contributed by atoms with Crippen LogP contribution in [-0.4, -0.2) is 60.3 Å². The number of nitrogens with zero attached hydrogens (tertiary/aromatic N) is 2. The van der Waals surface area contributed by atoms with Crippen LogP contribution in [0.25, 0.3) is 6.08 Å². The maximum Gasteiger partial charge on any atom is 0.123 e. The molecule has 32 heavy (non-hydrogen) atoms. The highest BCUT2D eigenvalue weighted by molar-refractivity contribution is 5.56. The highest BCUT2D eigenvalue weighted by atomic mass is 19.1. The van der Waals surface area contributed by atoms with Gasteiger partial charge < -0.3 is 14.9 Å². The lowest BCUT2D eigenvalue weighted by molar-refractivity contribution is -0.00643. The molecule has 0 aromatic heterocycles. The van der Waals surface area contributed by atoms with Crippen LogP contribution in [0.5, 0.6) is 0 Å². The number of benzene rings is 2. The average Bonchev–Trinajstić information content (AvgIpc) is 2.91. The lowest BCUT2D eigenvalue weighted by Gasteiger charge is -2.42. The molecule has 0 bridgehead atoms. The molecular weight excluding hydrogens is 399 g/mol. The monoisotopic (exact) mass is 436 g/mol. The smallest absolute Gasteiger partial charge is 0.123 e. The first-order valence-electron chi connectivity index (χ1n) is 12.1. The number of hydrogen-bond acceptors (Lipinski definition) is 3. The Morgan fingerprint density at radius 1 is 1.06 bits per heavy atom. The van der Waals surface area contributed by atoms with Crippen LogP contribution < -0.4 is 0 Å². The maximum atomic E-state index is 13.5. The normalized spacial score (nSPS) is 26.9. The maximum absolute atomic E-state index is 13.5. The summed E-state index contributed by atoms with van der Waals surface area (Å²) in [5, 5.41) is 12.4. The van der Waals surface area contributed by atoms with Crippen molar-refractivity contribution in [1.29, 1.82) is 0 Å². The second-order valence-electron chi connectivity index (χ2n) is 9.86. The van der Waals surface area contributed by atoms with Crippen LogP contribution in [0.15, 0.2) is 54.1 Å². The molecule has 4 heteroatoms. The van der Waals surface area contributed by atoms with Crippen LogP contribution in [0.1, 0.15) is 42.4 Å². The fourth-order valence-corrected chi connectivity index (χ4v) is 5.36. The molecule has 3 nitrogen and oxygen atoms in total. The summed E-state index contributed by atoms with van der Waals surface area (Å²) >= 11 is 0. The van der Waals surface area contributed by atoms with Crippen molar-refractivity contribution < 1.29 is 9.50 Å². The van der Waals surface area contributed by atoms with Crippen molar-refractivity contribution in [2.45, 2.75) is 44.6 Å². The Kier molecular flexibility index (Phi) is 7.44. The van der Waals surface area contributed by atoms with E-state index in [1.807, 2.05) is 12.1 Å². The molecule has 0 spiro atoms. The van der Waals surface area contributed by atoms with Crippen molar-refractivity contribution in [3.05, 3.63) is 76.6 Å². The van der Waals surface area contributed by atoms with Gasteiger partial charge in [-0.25, -0.2) is 4.39 Å². The first-order valence-corrected chi connectivity index (χ1v) is 12.1. The van der Waals surface area contributed by atoms with Crippen LogP contribution in [0.2, 0.25) is 0 Å². The highest BCUT2D eigenvalue weighted by Gasteiger charge is 2.42. The Morgan fingerprint density at radius 3 is 2.53 bits per heavy atom. The molecule has 1 aliphatic heterocycles. The lowest BCUT2D eigenvalue weighted by Crippen LogP contribution is -2.51. The second-order valence-corrected chi connectivity index (χ2v) is 9.86. The van der Waals surface area contributed by atoms with E-state index in [0.717, 1.165) is 69.5 Å². The van der Waals surface area contributed by atoms with Gasteiger partial charge in [0.1, 0.15) is 5.82 Å². The van der Waals surface area contributed by atoms with Crippen molar-refractivity contribution in [2.75, 3.05) is 39.8 Å². The predicted octanol–water partition coefficient (Wildman–Crippen LogP) is 4.93. The summed E-state index contributed by atoms with van der Waals surface area (Å²) in [6, 6.07) is 15.2. The molecule has 1 N–H and O–H groups in total. The molecule has 2 aromatic rings. The molecule has 0 radical (unpaired) electrons. The molecule has 172 valence electrons.